The van der Waals surface area contributed by atoms with Gasteiger partial charge < -0.3 is 0 Å². The minimum Gasteiger partial charge on any atom is -0.300 e. The van der Waals surface area contributed by atoms with Crippen molar-refractivity contribution in [3.05, 3.63) is 27.4 Å². The summed E-state index contributed by atoms with van der Waals surface area (Å²) in [5, 5.41) is 0.251. The Balaban J connectivity index is 3.46. The van der Waals surface area contributed by atoms with Crippen LogP contribution in [0, 0.1) is 6.92 Å². The van der Waals surface area contributed by atoms with Crippen LogP contribution in [0.15, 0.2) is 10.9 Å². The van der Waals surface area contributed by atoms with Gasteiger partial charge in [-0.25, -0.2) is 4.79 Å². The summed E-state index contributed by atoms with van der Waals surface area (Å²) in [6.45, 7) is 1.80. The van der Waals surface area contributed by atoms with E-state index in [4.69, 9.17) is 11.6 Å². The minimum absolute atomic E-state index is 0.251. The Labute approximate surface area is 63.3 Å². The maximum atomic E-state index is 10.8. The zero-order valence-corrected chi connectivity index (χ0v) is 6.51. The van der Waals surface area contributed by atoms with Gasteiger partial charge in [-0.15, -0.1) is 0 Å². The normalized spacial score (nSPS) is 9.90. The lowest BCUT2D eigenvalue weighted by atomic mass is 10.4. The number of nitrogens with zero attached hydrogens (tertiary/aromatic N) is 2. The summed E-state index contributed by atoms with van der Waals surface area (Å²) in [5.74, 6) is 0. The summed E-state index contributed by atoms with van der Waals surface area (Å²) < 4.78 is 1.44. The van der Waals surface area contributed by atoms with Gasteiger partial charge in [0, 0.05) is 12.7 Å². The van der Waals surface area contributed by atoms with E-state index >= 15 is 0 Å². The Morgan fingerprint density at radius 3 is 2.80 bits per heavy atom. The van der Waals surface area contributed by atoms with Crippen molar-refractivity contribution in [2.45, 2.75) is 6.92 Å². The van der Waals surface area contributed by atoms with E-state index in [1.54, 1.807) is 20.0 Å². The van der Waals surface area contributed by atoms with E-state index in [0.717, 1.165) is 5.69 Å². The van der Waals surface area contributed by atoms with Gasteiger partial charge in [0.05, 0.1) is 0 Å². The third-order valence-corrected chi connectivity index (χ3v) is 1.54. The van der Waals surface area contributed by atoms with Crippen LogP contribution in [-0.2, 0) is 7.05 Å². The molecule has 0 aliphatic carbocycles. The molecule has 4 heteroatoms. The zero-order valence-electron chi connectivity index (χ0n) is 5.76. The third-order valence-electron chi connectivity index (χ3n) is 1.35. The monoisotopic (exact) mass is 158 g/mol. The SMILES string of the molecule is Cc1cc(Cl)nc(=O)n1C. The predicted octanol–water partition coefficient (Wildman–Crippen LogP) is 0.742. The molecule has 54 valence electrons. The first-order valence-electron chi connectivity index (χ1n) is 2.81. The fraction of sp³-hybridized carbons (Fsp3) is 0.333. The van der Waals surface area contributed by atoms with Crippen LogP contribution in [0.2, 0.25) is 5.15 Å². The Bertz CT molecular complexity index is 305. The summed E-state index contributed by atoms with van der Waals surface area (Å²) in [5.41, 5.74) is 0.495. The maximum Gasteiger partial charge on any atom is 0.348 e. The quantitative estimate of drug-likeness (QED) is 0.522. The van der Waals surface area contributed by atoms with Gasteiger partial charge in [0.2, 0.25) is 0 Å². The number of aromatic nitrogens is 2. The predicted molar refractivity (Wildman–Crippen MR) is 39.2 cm³/mol. The van der Waals surface area contributed by atoms with Gasteiger partial charge in [0.15, 0.2) is 0 Å². The second-order valence-electron chi connectivity index (χ2n) is 2.06. The van der Waals surface area contributed by atoms with Crippen molar-refractivity contribution < 1.29 is 0 Å². The molecule has 0 atom stereocenters. The molecule has 10 heavy (non-hydrogen) atoms. The highest BCUT2D eigenvalue weighted by atomic mass is 35.5. The Kier molecular flexibility index (Phi) is 1.76. The first-order valence-corrected chi connectivity index (χ1v) is 3.19. The van der Waals surface area contributed by atoms with Crippen molar-refractivity contribution in [3.8, 4) is 0 Å². The number of rotatable bonds is 0. The van der Waals surface area contributed by atoms with E-state index in [9.17, 15) is 4.79 Å². The molecule has 0 aliphatic heterocycles. The molecule has 0 saturated heterocycles. The average molecular weight is 159 g/mol. The molecule has 3 nitrogen and oxygen atoms in total. The van der Waals surface area contributed by atoms with E-state index < -0.39 is 0 Å². The fourth-order valence-corrected chi connectivity index (χ4v) is 0.849. The molecule has 0 saturated carbocycles. The van der Waals surface area contributed by atoms with E-state index in [1.165, 1.54) is 4.57 Å². The second kappa shape index (κ2) is 2.42. The molecule has 0 unspecified atom stereocenters. The van der Waals surface area contributed by atoms with Gasteiger partial charge in [-0.3, -0.25) is 4.57 Å². The van der Waals surface area contributed by atoms with Crippen LogP contribution >= 0.6 is 11.6 Å². The smallest absolute Gasteiger partial charge is 0.300 e. The molecule has 0 radical (unpaired) electrons. The molecule has 0 bridgehead atoms. The van der Waals surface area contributed by atoms with Crippen molar-refractivity contribution in [3.63, 3.8) is 0 Å². The van der Waals surface area contributed by atoms with Gasteiger partial charge in [0.1, 0.15) is 5.15 Å². The molecule has 0 amide bonds. The summed E-state index contributed by atoms with van der Waals surface area (Å²) in [7, 11) is 1.65. The van der Waals surface area contributed by atoms with E-state index in [0.29, 0.717) is 0 Å². The van der Waals surface area contributed by atoms with Crippen LogP contribution in [0.1, 0.15) is 5.69 Å². The molecule has 1 rings (SSSR count). The van der Waals surface area contributed by atoms with E-state index in [-0.39, 0.29) is 10.8 Å². The lowest BCUT2D eigenvalue weighted by molar-refractivity contribution is 0.775. The standard InChI is InChI=1S/C6H7ClN2O/c1-4-3-5(7)8-6(10)9(4)2/h3H,1-2H3. The molecule has 0 aliphatic rings. The van der Waals surface area contributed by atoms with Crippen molar-refractivity contribution in [1.29, 1.82) is 0 Å². The van der Waals surface area contributed by atoms with Gasteiger partial charge in [-0.05, 0) is 13.0 Å². The molecule has 0 aromatic carbocycles. The fourth-order valence-electron chi connectivity index (χ4n) is 0.619. The van der Waals surface area contributed by atoms with Crippen LogP contribution in [0.4, 0.5) is 0 Å². The molecular weight excluding hydrogens is 152 g/mol. The Morgan fingerprint density at radius 2 is 2.30 bits per heavy atom. The lowest BCUT2D eigenvalue weighted by Gasteiger charge is -1.99. The van der Waals surface area contributed by atoms with E-state index in [1.807, 2.05) is 0 Å². The van der Waals surface area contributed by atoms with Gasteiger partial charge in [-0.1, -0.05) is 11.6 Å². The Hall–Kier alpha value is -0.830. The van der Waals surface area contributed by atoms with Crippen LogP contribution in [0.25, 0.3) is 0 Å². The minimum atomic E-state index is -0.315. The molecular formula is C6H7ClN2O. The number of hydrogen-bond donors (Lipinski definition) is 0. The number of halogens is 1. The molecule has 0 N–H and O–H groups in total. The maximum absolute atomic E-state index is 10.8. The second-order valence-corrected chi connectivity index (χ2v) is 2.45. The van der Waals surface area contributed by atoms with Gasteiger partial charge in [-0.2, -0.15) is 4.98 Å². The van der Waals surface area contributed by atoms with Crippen molar-refractivity contribution >= 4 is 11.6 Å². The first-order chi connectivity index (χ1) is 4.61. The van der Waals surface area contributed by atoms with Crippen LogP contribution in [0.3, 0.4) is 0 Å². The van der Waals surface area contributed by atoms with E-state index in [2.05, 4.69) is 4.98 Å². The number of hydrogen-bond acceptors (Lipinski definition) is 2. The molecule has 0 spiro atoms. The summed E-state index contributed by atoms with van der Waals surface area (Å²) in [6.07, 6.45) is 0. The lowest BCUT2D eigenvalue weighted by Crippen LogP contribution is -2.21. The molecule has 1 heterocycles. The largest absolute Gasteiger partial charge is 0.348 e. The highest BCUT2D eigenvalue weighted by Crippen LogP contribution is 2.01. The zero-order chi connectivity index (χ0) is 7.72. The van der Waals surface area contributed by atoms with Crippen molar-refractivity contribution in [1.82, 2.24) is 9.55 Å². The average Bonchev–Trinajstić information content (AvgIpc) is 1.82. The highest BCUT2D eigenvalue weighted by molar-refractivity contribution is 6.29. The van der Waals surface area contributed by atoms with Gasteiger partial charge in [0.25, 0.3) is 0 Å². The number of aryl methyl sites for hydroxylation is 1. The summed E-state index contributed by atoms with van der Waals surface area (Å²) in [4.78, 5) is 14.3. The molecule has 1 aromatic heterocycles. The van der Waals surface area contributed by atoms with Crippen LogP contribution in [0.5, 0.6) is 0 Å². The summed E-state index contributed by atoms with van der Waals surface area (Å²) >= 11 is 5.50. The summed E-state index contributed by atoms with van der Waals surface area (Å²) in [6, 6.07) is 1.64. The third kappa shape index (κ3) is 1.19. The highest BCUT2D eigenvalue weighted by Gasteiger charge is 1.96. The molecule has 0 fully saturated rings. The Morgan fingerprint density at radius 1 is 1.70 bits per heavy atom. The van der Waals surface area contributed by atoms with Crippen molar-refractivity contribution in [2.75, 3.05) is 0 Å². The van der Waals surface area contributed by atoms with Gasteiger partial charge >= 0.3 is 5.69 Å². The van der Waals surface area contributed by atoms with Crippen LogP contribution < -0.4 is 5.69 Å². The van der Waals surface area contributed by atoms with Crippen molar-refractivity contribution in [2.24, 2.45) is 7.05 Å². The molecule has 1 aromatic rings. The topological polar surface area (TPSA) is 34.9 Å². The first kappa shape index (κ1) is 7.28. The van der Waals surface area contributed by atoms with Crippen LogP contribution in [-0.4, -0.2) is 9.55 Å².